The van der Waals surface area contributed by atoms with Gasteiger partial charge >= 0.3 is 11.9 Å². The minimum Gasteiger partial charge on any atom is -0.478 e. The average Bonchev–Trinajstić information content (AvgIpc) is 1.82. The standard InChI is InChI=1S/C4H4O4.C3H6O/c5-3(6)1-2-4(7)8;1-3(2)4/h1-2H,(H,5,6)(H,7,8);1-2H3/b2-1-;. The Morgan fingerprint density at radius 2 is 1.08 bits per heavy atom. The second-order valence-electron chi connectivity index (χ2n) is 1.92. The maximum absolute atomic E-state index is 9.55. The Kier molecular flexibility index (Phi) is 8.06. The summed E-state index contributed by atoms with van der Waals surface area (Å²) < 4.78 is 0. The number of carbonyl (C=O) groups is 3. The molecule has 0 aromatic carbocycles. The van der Waals surface area contributed by atoms with Crippen molar-refractivity contribution in [2.45, 2.75) is 13.8 Å². The number of carbonyl (C=O) groups excluding carboxylic acids is 1. The summed E-state index contributed by atoms with van der Waals surface area (Å²) in [6.07, 6.45) is 1.12. The number of hydrogen-bond donors (Lipinski definition) is 2. The van der Waals surface area contributed by atoms with E-state index in [4.69, 9.17) is 10.2 Å². The third-order valence-corrected chi connectivity index (χ3v) is 0.368. The van der Waals surface area contributed by atoms with Crippen molar-refractivity contribution in [3.05, 3.63) is 12.2 Å². The quantitative estimate of drug-likeness (QED) is 0.587. The highest BCUT2D eigenvalue weighted by atomic mass is 16.4. The molecule has 0 fully saturated rings. The molecule has 2 N–H and O–H groups in total. The molecular formula is C7H10O5. The van der Waals surface area contributed by atoms with Crippen LogP contribution in [-0.2, 0) is 14.4 Å². The second-order valence-corrected chi connectivity index (χ2v) is 1.92. The summed E-state index contributed by atoms with van der Waals surface area (Å²) in [6, 6.07) is 0. The third-order valence-electron chi connectivity index (χ3n) is 0.368. The molecule has 0 aliphatic heterocycles. The number of ketones is 1. The van der Waals surface area contributed by atoms with Gasteiger partial charge in [-0.3, -0.25) is 0 Å². The highest BCUT2D eigenvalue weighted by molar-refractivity contribution is 5.89. The lowest BCUT2D eigenvalue weighted by atomic mass is 10.5. The smallest absolute Gasteiger partial charge is 0.328 e. The van der Waals surface area contributed by atoms with E-state index in [0.29, 0.717) is 12.2 Å². The molecule has 5 heteroatoms. The first-order chi connectivity index (χ1) is 5.36. The first kappa shape index (κ1) is 13.0. The number of carboxylic acid groups (broad SMARTS) is 2. The molecule has 0 unspecified atom stereocenters. The fraction of sp³-hybridized carbons (Fsp3) is 0.286. The molecule has 0 rings (SSSR count). The average molecular weight is 174 g/mol. The lowest BCUT2D eigenvalue weighted by molar-refractivity contribution is -0.134. The second kappa shape index (κ2) is 7.46. The van der Waals surface area contributed by atoms with Gasteiger partial charge < -0.3 is 15.0 Å². The fourth-order valence-corrected chi connectivity index (χ4v) is 0.143. The van der Waals surface area contributed by atoms with Crippen molar-refractivity contribution in [3.8, 4) is 0 Å². The Bertz CT molecular complexity index is 184. The Hall–Kier alpha value is -1.65. The molecule has 0 atom stereocenters. The topological polar surface area (TPSA) is 91.7 Å². The molecule has 0 saturated carbocycles. The van der Waals surface area contributed by atoms with Crippen molar-refractivity contribution in [3.63, 3.8) is 0 Å². The van der Waals surface area contributed by atoms with Crippen molar-refractivity contribution in [1.82, 2.24) is 0 Å². The van der Waals surface area contributed by atoms with E-state index in [-0.39, 0.29) is 5.78 Å². The van der Waals surface area contributed by atoms with Gasteiger partial charge in [-0.1, -0.05) is 0 Å². The van der Waals surface area contributed by atoms with Gasteiger partial charge in [-0.2, -0.15) is 0 Å². The molecule has 12 heavy (non-hydrogen) atoms. The normalized spacial score (nSPS) is 8.50. The van der Waals surface area contributed by atoms with Crippen LogP contribution in [0.4, 0.5) is 0 Å². The van der Waals surface area contributed by atoms with Crippen LogP contribution in [0.1, 0.15) is 13.8 Å². The van der Waals surface area contributed by atoms with Gasteiger partial charge in [0.05, 0.1) is 0 Å². The van der Waals surface area contributed by atoms with E-state index < -0.39 is 11.9 Å². The molecule has 0 amide bonds. The van der Waals surface area contributed by atoms with Crippen LogP contribution in [0.3, 0.4) is 0 Å². The zero-order valence-electron chi connectivity index (χ0n) is 6.77. The van der Waals surface area contributed by atoms with Crippen LogP contribution in [0.25, 0.3) is 0 Å². The third kappa shape index (κ3) is 40.2. The summed E-state index contributed by atoms with van der Waals surface area (Å²) in [5.74, 6) is -2.35. The van der Waals surface area contributed by atoms with Gasteiger partial charge in [-0.25, -0.2) is 9.59 Å². The van der Waals surface area contributed by atoms with Gasteiger partial charge in [0.25, 0.3) is 0 Å². The van der Waals surface area contributed by atoms with Crippen molar-refractivity contribution in [2.75, 3.05) is 0 Å². The summed E-state index contributed by atoms with van der Waals surface area (Å²) in [5.41, 5.74) is 0. The number of Topliss-reactive ketones (excluding diaryl/α,β-unsaturated/α-hetero) is 1. The number of carboxylic acids is 2. The predicted octanol–water partition coefficient (Wildman–Crippen LogP) is 0.307. The first-order valence-electron chi connectivity index (χ1n) is 2.97. The first-order valence-corrected chi connectivity index (χ1v) is 2.97. The van der Waals surface area contributed by atoms with Crippen molar-refractivity contribution in [1.29, 1.82) is 0 Å². The number of rotatable bonds is 2. The molecule has 0 radical (unpaired) electrons. The SMILES string of the molecule is CC(C)=O.O=C(O)/C=C\C(=O)O. The lowest BCUT2D eigenvalue weighted by Gasteiger charge is -1.74. The van der Waals surface area contributed by atoms with E-state index in [2.05, 4.69) is 0 Å². The van der Waals surface area contributed by atoms with E-state index in [1.54, 1.807) is 0 Å². The fourth-order valence-electron chi connectivity index (χ4n) is 0.143. The molecule has 0 spiro atoms. The summed E-state index contributed by atoms with van der Waals surface area (Å²) in [5, 5.41) is 15.6. The van der Waals surface area contributed by atoms with Crippen LogP contribution in [0.15, 0.2) is 12.2 Å². The molecule has 0 aliphatic carbocycles. The van der Waals surface area contributed by atoms with Gasteiger partial charge in [0.2, 0.25) is 0 Å². The van der Waals surface area contributed by atoms with Crippen molar-refractivity contribution < 1.29 is 24.6 Å². The van der Waals surface area contributed by atoms with E-state index in [0.717, 1.165) is 0 Å². The molecule has 5 nitrogen and oxygen atoms in total. The van der Waals surface area contributed by atoms with Gasteiger partial charge in [-0.05, 0) is 13.8 Å². The Labute approximate surface area is 69.3 Å². The highest BCUT2D eigenvalue weighted by Gasteiger charge is 1.88. The minimum atomic E-state index is -1.26. The maximum atomic E-state index is 9.55. The molecule has 0 bridgehead atoms. The number of hydrogen-bond acceptors (Lipinski definition) is 3. The Morgan fingerprint density at radius 1 is 0.917 bits per heavy atom. The van der Waals surface area contributed by atoms with Crippen LogP contribution >= 0.6 is 0 Å². The molecular weight excluding hydrogens is 164 g/mol. The van der Waals surface area contributed by atoms with Gasteiger partial charge in [0.1, 0.15) is 5.78 Å². The van der Waals surface area contributed by atoms with Crippen LogP contribution in [-0.4, -0.2) is 27.9 Å². The van der Waals surface area contributed by atoms with Crippen LogP contribution < -0.4 is 0 Å². The minimum absolute atomic E-state index is 0.167. The van der Waals surface area contributed by atoms with E-state index in [1.165, 1.54) is 13.8 Å². The maximum Gasteiger partial charge on any atom is 0.328 e. The van der Waals surface area contributed by atoms with Crippen molar-refractivity contribution in [2.24, 2.45) is 0 Å². The summed E-state index contributed by atoms with van der Waals surface area (Å²) in [7, 11) is 0. The van der Waals surface area contributed by atoms with E-state index in [1.807, 2.05) is 0 Å². The summed E-state index contributed by atoms with van der Waals surface area (Å²) in [4.78, 5) is 28.6. The zero-order valence-corrected chi connectivity index (χ0v) is 6.77. The van der Waals surface area contributed by atoms with Gasteiger partial charge in [-0.15, -0.1) is 0 Å². The number of aliphatic carboxylic acids is 2. The van der Waals surface area contributed by atoms with Gasteiger partial charge in [0, 0.05) is 12.2 Å². The van der Waals surface area contributed by atoms with Crippen LogP contribution in [0.5, 0.6) is 0 Å². The predicted molar refractivity (Wildman–Crippen MR) is 40.8 cm³/mol. The Morgan fingerprint density at radius 3 is 1.17 bits per heavy atom. The zero-order chi connectivity index (χ0) is 10.1. The summed E-state index contributed by atoms with van der Waals surface area (Å²) in [6.45, 7) is 3.06. The molecule has 0 aromatic rings. The monoisotopic (exact) mass is 174 g/mol. The van der Waals surface area contributed by atoms with E-state index >= 15 is 0 Å². The Balaban J connectivity index is 0. The lowest BCUT2D eigenvalue weighted by Crippen LogP contribution is -1.91. The molecule has 0 heterocycles. The molecule has 0 aromatic heterocycles. The molecule has 0 aliphatic rings. The summed E-state index contributed by atoms with van der Waals surface area (Å²) >= 11 is 0. The largest absolute Gasteiger partial charge is 0.478 e. The van der Waals surface area contributed by atoms with Crippen LogP contribution in [0, 0.1) is 0 Å². The van der Waals surface area contributed by atoms with Gasteiger partial charge in [0.15, 0.2) is 0 Å². The van der Waals surface area contributed by atoms with Crippen LogP contribution in [0.2, 0.25) is 0 Å². The molecule has 68 valence electrons. The molecule has 0 saturated heterocycles. The van der Waals surface area contributed by atoms with E-state index in [9.17, 15) is 14.4 Å². The highest BCUT2D eigenvalue weighted by Crippen LogP contribution is 1.70. The van der Waals surface area contributed by atoms with Crippen molar-refractivity contribution >= 4 is 17.7 Å².